The van der Waals surface area contributed by atoms with Crippen molar-refractivity contribution in [3.05, 3.63) is 89.2 Å². The van der Waals surface area contributed by atoms with Gasteiger partial charge < -0.3 is 9.64 Å². The quantitative estimate of drug-likeness (QED) is 0.314. The third-order valence-electron chi connectivity index (χ3n) is 7.16. The number of ether oxygens (including phenoxy) is 1. The molecule has 0 radical (unpaired) electrons. The molecule has 2 aliphatic rings. The molecule has 11 heteroatoms. The number of carbonyl (C=O) groups is 1. The standard InChI is InChI=1S/C29H27F6N3O2/c1-27(2,19-8-13-25(36-16-19)29(33,34)35)37-23-15-24(17-4-3-5-22(14-17)40-21-11-12-21)38(26(23)39)20-9-6-18(7-10-20)28(30,31)32/h3-10,13-14,16,21,23-24,37H,11-12,15H2,1-2H3/t23-,24-/m1/s1. The maximum absolute atomic E-state index is 13.8. The van der Waals surface area contributed by atoms with E-state index in [4.69, 9.17) is 4.74 Å². The number of nitrogens with one attached hydrogen (secondary N) is 1. The Morgan fingerprint density at radius 3 is 2.15 bits per heavy atom. The molecular weight excluding hydrogens is 536 g/mol. The summed E-state index contributed by atoms with van der Waals surface area (Å²) in [4.78, 5) is 18.8. The molecule has 2 aromatic carbocycles. The molecule has 1 N–H and O–H groups in total. The first kappa shape index (κ1) is 27.9. The highest BCUT2D eigenvalue weighted by Gasteiger charge is 2.44. The largest absolute Gasteiger partial charge is 0.490 e. The SMILES string of the molecule is CC(C)(N[C@@H]1C[C@H](c2cccc(OC3CC3)c2)N(c2ccc(C(F)(F)F)cc2)C1=O)c1ccc(C(F)(F)F)nc1. The number of carbonyl (C=O) groups excluding carboxylic acids is 1. The third-order valence-corrected chi connectivity index (χ3v) is 7.16. The van der Waals surface area contributed by atoms with Crippen LogP contribution < -0.4 is 15.0 Å². The molecule has 212 valence electrons. The van der Waals surface area contributed by atoms with Gasteiger partial charge >= 0.3 is 12.4 Å². The van der Waals surface area contributed by atoms with Crippen LogP contribution >= 0.6 is 0 Å². The van der Waals surface area contributed by atoms with E-state index in [-0.39, 0.29) is 18.4 Å². The van der Waals surface area contributed by atoms with Gasteiger partial charge in [0.25, 0.3) is 0 Å². The molecule has 5 rings (SSSR count). The van der Waals surface area contributed by atoms with Crippen molar-refractivity contribution in [2.45, 2.75) is 69.2 Å². The molecule has 1 saturated carbocycles. The number of rotatable bonds is 7. The fourth-order valence-electron chi connectivity index (χ4n) is 4.90. The second kappa shape index (κ2) is 10.1. The first-order valence-electron chi connectivity index (χ1n) is 12.8. The minimum Gasteiger partial charge on any atom is -0.490 e. The second-order valence-electron chi connectivity index (χ2n) is 10.6. The van der Waals surface area contributed by atoms with Gasteiger partial charge in [-0.2, -0.15) is 26.3 Å². The van der Waals surface area contributed by atoms with Crippen molar-refractivity contribution in [1.82, 2.24) is 10.3 Å². The fraction of sp³-hybridized carbons (Fsp3) is 0.379. The number of alkyl halides is 6. The summed E-state index contributed by atoms with van der Waals surface area (Å²) < 4.78 is 84.5. The smallest absolute Gasteiger partial charge is 0.433 e. The van der Waals surface area contributed by atoms with Gasteiger partial charge in [-0.15, -0.1) is 0 Å². The molecule has 0 bridgehead atoms. The summed E-state index contributed by atoms with van der Waals surface area (Å²) in [5.41, 5.74) is -1.30. The molecule has 1 saturated heterocycles. The molecule has 2 atom stereocenters. The van der Waals surface area contributed by atoms with E-state index in [0.717, 1.165) is 42.8 Å². The summed E-state index contributed by atoms with van der Waals surface area (Å²) in [5.74, 6) is 0.276. The van der Waals surface area contributed by atoms with E-state index >= 15 is 0 Å². The van der Waals surface area contributed by atoms with Crippen LogP contribution in [0.3, 0.4) is 0 Å². The fourth-order valence-corrected chi connectivity index (χ4v) is 4.90. The Morgan fingerprint density at radius 2 is 1.57 bits per heavy atom. The molecular formula is C29H27F6N3O2. The number of hydrogen-bond acceptors (Lipinski definition) is 4. The first-order chi connectivity index (χ1) is 18.7. The predicted octanol–water partition coefficient (Wildman–Crippen LogP) is 7.03. The van der Waals surface area contributed by atoms with Gasteiger partial charge in [0.15, 0.2) is 0 Å². The summed E-state index contributed by atoms with van der Waals surface area (Å²) in [6, 6.07) is 12.6. The first-order valence-corrected chi connectivity index (χ1v) is 12.8. The Balaban J connectivity index is 1.45. The van der Waals surface area contributed by atoms with Crippen LogP contribution in [-0.4, -0.2) is 23.0 Å². The summed E-state index contributed by atoms with van der Waals surface area (Å²) in [6.07, 6.45) is -5.63. The zero-order chi connectivity index (χ0) is 28.9. The second-order valence-corrected chi connectivity index (χ2v) is 10.6. The van der Waals surface area contributed by atoms with Crippen molar-refractivity contribution in [2.24, 2.45) is 0 Å². The topological polar surface area (TPSA) is 54.5 Å². The van der Waals surface area contributed by atoms with Crippen molar-refractivity contribution in [1.29, 1.82) is 0 Å². The van der Waals surface area contributed by atoms with E-state index in [1.807, 2.05) is 18.2 Å². The van der Waals surface area contributed by atoms with Crippen LogP contribution in [0.2, 0.25) is 0 Å². The average molecular weight is 564 g/mol. The number of nitrogens with zero attached hydrogens (tertiary/aromatic N) is 2. The minimum atomic E-state index is -4.58. The van der Waals surface area contributed by atoms with Gasteiger partial charge in [-0.25, -0.2) is 0 Å². The van der Waals surface area contributed by atoms with Crippen LogP contribution in [-0.2, 0) is 22.7 Å². The number of benzene rings is 2. The lowest BCUT2D eigenvalue weighted by Crippen LogP contribution is -2.47. The molecule has 0 spiro atoms. The molecule has 1 aliphatic carbocycles. The highest BCUT2D eigenvalue weighted by Crippen LogP contribution is 2.41. The zero-order valence-corrected chi connectivity index (χ0v) is 21.7. The van der Waals surface area contributed by atoms with Gasteiger partial charge in [-0.1, -0.05) is 18.2 Å². The number of amides is 1. The van der Waals surface area contributed by atoms with Crippen molar-refractivity contribution < 1.29 is 35.9 Å². The Kier molecular flexibility index (Phi) is 7.06. The number of anilines is 1. The lowest BCUT2D eigenvalue weighted by Gasteiger charge is -2.30. The van der Waals surface area contributed by atoms with Crippen molar-refractivity contribution in [3.63, 3.8) is 0 Å². The van der Waals surface area contributed by atoms with Crippen molar-refractivity contribution in [3.8, 4) is 5.75 Å². The van der Waals surface area contributed by atoms with Crippen LogP contribution in [0.1, 0.15) is 61.5 Å². The molecule has 1 aromatic heterocycles. The highest BCUT2D eigenvalue weighted by molar-refractivity contribution is 6.00. The molecule has 3 aromatic rings. The van der Waals surface area contributed by atoms with E-state index in [9.17, 15) is 31.1 Å². The Morgan fingerprint density at radius 1 is 0.900 bits per heavy atom. The number of aromatic nitrogens is 1. The molecule has 0 unspecified atom stereocenters. The zero-order valence-electron chi connectivity index (χ0n) is 21.7. The van der Waals surface area contributed by atoms with Gasteiger partial charge in [-0.3, -0.25) is 15.1 Å². The molecule has 2 fully saturated rings. The van der Waals surface area contributed by atoms with E-state index in [1.54, 1.807) is 19.9 Å². The summed E-state index contributed by atoms with van der Waals surface area (Å²) >= 11 is 0. The van der Waals surface area contributed by atoms with E-state index < -0.39 is 41.2 Å². The van der Waals surface area contributed by atoms with E-state index in [1.165, 1.54) is 23.1 Å². The Bertz CT molecular complexity index is 1370. The molecule has 1 aliphatic heterocycles. The van der Waals surface area contributed by atoms with Gasteiger partial charge in [0.1, 0.15) is 11.4 Å². The van der Waals surface area contributed by atoms with E-state index in [0.29, 0.717) is 17.0 Å². The number of hydrogen-bond donors (Lipinski definition) is 1. The normalized spacial score (nSPS) is 20.2. The van der Waals surface area contributed by atoms with Gasteiger partial charge in [0, 0.05) is 17.4 Å². The molecule has 1 amide bonds. The summed E-state index contributed by atoms with van der Waals surface area (Å²) in [7, 11) is 0. The predicted molar refractivity (Wildman–Crippen MR) is 136 cm³/mol. The molecule has 40 heavy (non-hydrogen) atoms. The van der Waals surface area contributed by atoms with Crippen molar-refractivity contribution >= 4 is 11.6 Å². The Labute approximate surface area is 227 Å². The average Bonchev–Trinajstić information content (AvgIpc) is 3.65. The lowest BCUT2D eigenvalue weighted by molar-refractivity contribution is -0.141. The summed E-state index contributed by atoms with van der Waals surface area (Å²) in [5, 5.41) is 3.25. The monoisotopic (exact) mass is 563 g/mol. The highest BCUT2D eigenvalue weighted by atomic mass is 19.4. The van der Waals surface area contributed by atoms with Crippen LogP contribution in [0.25, 0.3) is 0 Å². The number of halogens is 6. The lowest BCUT2D eigenvalue weighted by atomic mass is 9.93. The maximum atomic E-state index is 13.8. The minimum absolute atomic E-state index is 0.152. The summed E-state index contributed by atoms with van der Waals surface area (Å²) in [6.45, 7) is 3.45. The van der Waals surface area contributed by atoms with Gasteiger partial charge in [0.2, 0.25) is 5.91 Å². The van der Waals surface area contributed by atoms with Crippen LogP contribution in [0.15, 0.2) is 66.9 Å². The van der Waals surface area contributed by atoms with Crippen LogP contribution in [0, 0.1) is 0 Å². The molecule has 2 heterocycles. The van der Waals surface area contributed by atoms with E-state index in [2.05, 4.69) is 10.3 Å². The Hall–Kier alpha value is -3.60. The van der Waals surface area contributed by atoms with Gasteiger partial charge in [0.05, 0.1) is 23.8 Å². The van der Waals surface area contributed by atoms with Crippen LogP contribution in [0.4, 0.5) is 32.0 Å². The van der Waals surface area contributed by atoms with Crippen molar-refractivity contribution in [2.75, 3.05) is 4.90 Å². The van der Waals surface area contributed by atoms with Crippen LogP contribution in [0.5, 0.6) is 5.75 Å². The number of pyridine rings is 1. The maximum Gasteiger partial charge on any atom is 0.433 e. The molecule has 5 nitrogen and oxygen atoms in total. The van der Waals surface area contributed by atoms with Gasteiger partial charge in [-0.05, 0) is 86.7 Å². The third kappa shape index (κ3) is 5.94.